The Hall–Kier alpha value is -1.73. The molecule has 2 aromatic rings. The Morgan fingerprint density at radius 3 is 3.08 bits per heavy atom. The average Bonchev–Trinajstić information content (AvgIpc) is 3.08. The first kappa shape index (κ1) is 17.1. The lowest BCUT2D eigenvalue weighted by molar-refractivity contribution is 0.0776. The molecule has 3 rings (SSSR count). The molecule has 1 aromatic carbocycles. The molecule has 5 nitrogen and oxygen atoms in total. The number of carbonyl (C=O) groups is 1. The van der Waals surface area contributed by atoms with E-state index in [1.807, 2.05) is 10.9 Å². The van der Waals surface area contributed by atoms with Crippen molar-refractivity contribution in [1.29, 1.82) is 0 Å². The van der Waals surface area contributed by atoms with Crippen LogP contribution < -0.4 is 5.32 Å². The fraction of sp³-hybridized carbons (Fsp3) is 0.412. The first-order valence-electron chi connectivity index (χ1n) is 8.00. The van der Waals surface area contributed by atoms with Gasteiger partial charge in [0.25, 0.3) is 5.91 Å². The van der Waals surface area contributed by atoms with Crippen LogP contribution in [-0.4, -0.2) is 40.7 Å². The van der Waals surface area contributed by atoms with E-state index in [-0.39, 0.29) is 24.3 Å². The normalized spacial score (nSPS) is 17.7. The first-order valence-corrected chi connectivity index (χ1v) is 8.79. The van der Waals surface area contributed by atoms with Gasteiger partial charge >= 0.3 is 0 Å². The molecule has 0 saturated carbocycles. The molecule has 1 saturated heterocycles. The first-order chi connectivity index (χ1) is 11.5. The smallest absolute Gasteiger partial charge is 0.274 e. The van der Waals surface area contributed by atoms with Gasteiger partial charge in [0.1, 0.15) is 11.5 Å². The highest BCUT2D eigenvalue weighted by atomic mass is 79.9. The highest BCUT2D eigenvalue weighted by Crippen LogP contribution is 2.19. The van der Waals surface area contributed by atoms with Crippen LogP contribution in [0.4, 0.5) is 4.39 Å². The second-order valence-corrected chi connectivity index (χ2v) is 6.99. The Kier molecular flexibility index (Phi) is 5.30. The van der Waals surface area contributed by atoms with Crippen LogP contribution >= 0.6 is 15.9 Å². The molecule has 0 bridgehead atoms. The summed E-state index contributed by atoms with van der Waals surface area (Å²) in [6.07, 6.45) is 4.01. The number of hydrogen-bond acceptors (Lipinski definition) is 3. The summed E-state index contributed by atoms with van der Waals surface area (Å²) in [6.45, 7) is 2.10. The van der Waals surface area contributed by atoms with Crippen molar-refractivity contribution in [2.45, 2.75) is 25.4 Å². The summed E-state index contributed by atoms with van der Waals surface area (Å²) in [5, 5.41) is 7.76. The topological polar surface area (TPSA) is 50.2 Å². The van der Waals surface area contributed by atoms with Crippen molar-refractivity contribution in [3.05, 3.63) is 52.0 Å². The van der Waals surface area contributed by atoms with Gasteiger partial charge in [-0.2, -0.15) is 5.10 Å². The third kappa shape index (κ3) is 3.84. The van der Waals surface area contributed by atoms with E-state index in [0.717, 1.165) is 30.4 Å². The predicted molar refractivity (Wildman–Crippen MR) is 93.3 cm³/mol. The van der Waals surface area contributed by atoms with Crippen molar-refractivity contribution in [1.82, 2.24) is 20.0 Å². The fourth-order valence-corrected chi connectivity index (χ4v) is 3.31. The quantitative estimate of drug-likeness (QED) is 0.866. The maximum atomic E-state index is 13.9. The minimum atomic E-state index is -0.323. The molecule has 128 valence electrons. The molecule has 1 atom stereocenters. The molecule has 1 aromatic heterocycles. The Morgan fingerprint density at radius 2 is 2.33 bits per heavy atom. The highest BCUT2D eigenvalue weighted by Gasteiger charge is 2.20. The van der Waals surface area contributed by atoms with Gasteiger partial charge in [-0.05, 0) is 43.7 Å². The monoisotopic (exact) mass is 394 g/mol. The standard InChI is InChI=1S/C17H20BrFN4O/c1-22(11-12-9-13(18)4-5-15(12)19)17(24)16-6-8-23(21-16)14-3-2-7-20-10-14/h4-6,8-9,14,20H,2-3,7,10-11H2,1H3. The van der Waals surface area contributed by atoms with Gasteiger partial charge in [0.2, 0.25) is 0 Å². The number of piperidine rings is 1. The van der Waals surface area contributed by atoms with Crippen molar-refractivity contribution in [2.75, 3.05) is 20.1 Å². The van der Waals surface area contributed by atoms with Crippen molar-refractivity contribution in [3.63, 3.8) is 0 Å². The Balaban J connectivity index is 1.69. The maximum Gasteiger partial charge on any atom is 0.274 e. The van der Waals surface area contributed by atoms with Crippen molar-refractivity contribution in [2.24, 2.45) is 0 Å². The Bertz CT molecular complexity index is 727. The van der Waals surface area contributed by atoms with Gasteiger partial charge in [-0.15, -0.1) is 0 Å². The van der Waals surface area contributed by atoms with Gasteiger partial charge in [-0.25, -0.2) is 4.39 Å². The molecule has 1 aliphatic rings. The lowest BCUT2D eigenvalue weighted by Gasteiger charge is -2.23. The molecule has 2 heterocycles. The molecule has 24 heavy (non-hydrogen) atoms. The number of carbonyl (C=O) groups excluding carboxylic acids is 1. The van der Waals surface area contributed by atoms with Crippen LogP contribution in [0.25, 0.3) is 0 Å². The van der Waals surface area contributed by atoms with Gasteiger partial charge < -0.3 is 10.2 Å². The molecule has 1 amide bonds. The van der Waals surface area contributed by atoms with E-state index in [0.29, 0.717) is 11.3 Å². The number of benzene rings is 1. The zero-order valence-corrected chi connectivity index (χ0v) is 15.1. The van der Waals surface area contributed by atoms with Crippen molar-refractivity contribution >= 4 is 21.8 Å². The van der Waals surface area contributed by atoms with E-state index in [2.05, 4.69) is 26.3 Å². The minimum absolute atomic E-state index is 0.196. The summed E-state index contributed by atoms with van der Waals surface area (Å²) in [5.41, 5.74) is 0.856. The molecular formula is C17H20BrFN4O. The van der Waals surface area contributed by atoms with Crippen LogP contribution in [-0.2, 0) is 6.54 Å². The molecule has 7 heteroatoms. The predicted octanol–water partition coefficient (Wildman–Crippen LogP) is 2.98. The maximum absolute atomic E-state index is 13.9. The van der Waals surface area contributed by atoms with E-state index in [1.165, 1.54) is 11.0 Å². The largest absolute Gasteiger partial charge is 0.336 e. The van der Waals surface area contributed by atoms with E-state index in [1.54, 1.807) is 25.2 Å². The summed E-state index contributed by atoms with van der Waals surface area (Å²) < 4.78 is 16.5. The SMILES string of the molecule is CN(Cc1cc(Br)ccc1F)C(=O)c1ccn(C2CCCNC2)n1. The Labute approximate surface area is 149 Å². The number of aromatic nitrogens is 2. The number of halogens is 2. The van der Waals surface area contributed by atoms with Crippen molar-refractivity contribution < 1.29 is 9.18 Å². The molecule has 1 N–H and O–H groups in total. The average molecular weight is 395 g/mol. The zero-order valence-electron chi connectivity index (χ0n) is 13.5. The number of nitrogens with one attached hydrogen (secondary N) is 1. The van der Waals surface area contributed by atoms with Gasteiger partial charge in [0.05, 0.1) is 6.04 Å². The lowest BCUT2D eigenvalue weighted by atomic mass is 10.1. The zero-order chi connectivity index (χ0) is 17.1. The van der Waals surface area contributed by atoms with Crippen molar-refractivity contribution in [3.8, 4) is 0 Å². The van der Waals surface area contributed by atoms with Gasteiger partial charge in [0, 0.05) is 36.4 Å². The summed E-state index contributed by atoms with van der Waals surface area (Å²) in [7, 11) is 1.66. The van der Waals surface area contributed by atoms with E-state index in [9.17, 15) is 9.18 Å². The summed E-state index contributed by atoms with van der Waals surface area (Å²) in [6, 6.07) is 6.73. The lowest BCUT2D eigenvalue weighted by Crippen LogP contribution is -2.32. The third-order valence-electron chi connectivity index (χ3n) is 4.23. The van der Waals surface area contributed by atoms with Crippen LogP contribution in [0.5, 0.6) is 0 Å². The molecule has 1 fully saturated rings. The molecule has 0 aliphatic carbocycles. The second kappa shape index (κ2) is 7.44. The molecule has 0 radical (unpaired) electrons. The van der Waals surface area contributed by atoms with Crippen LogP contribution in [0.3, 0.4) is 0 Å². The molecule has 0 spiro atoms. The van der Waals surface area contributed by atoms with E-state index in [4.69, 9.17) is 0 Å². The summed E-state index contributed by atoms with van der Waals surface area (Å²) >= 11 is 3.32. The number of nitrogens with zero attached hydrogens (tertiary/aromatic N) is 3. The van der Waals surface area contributed by atoms with E-state index < -0.39 is 0 Å². The summed E-state index contributed by atoms with van der Waals surface area (Å²) in [5.74, 6) is -0.534. The van der Waals surface area contributed by atoms with Gasteiger partial charge in [-0.1, -0.05) is 15.9 Å². The van der Waals surface area contributed by atoms with Crippen LogP contribution in [0.15, 0.2) is 34.9 Å². The molecular weight excluding hydrogens is 375 g/mol. The van der Waals surface area contributed by atoms with E-state index >= 15 is 0 Å². The highest BCUT2D eigenvalue weighted by molar-refractivity contribution is 9.10. The number of amides is 1. The van der Waals surface area contributed by atoms with Gasteiger partial charge in [0.15, 0.2) is 0 Å². The summed E-state index contributed by atoms with van der Waals surface area (Å²) in [4.78, 5) is 14.0. The molecule has 1 aliphatic heterocycles. The van der Waals surface area contributed by atoms with Crippen LogP contribution in [0, 0.1) is 5.82 Å². The minimum Gasteiger partial charge on any atom is -0.336 e. The Morgan fingerprint density at radius 1 is 1.50 bits per heavy atom. The number of hydrogen-bond donors (Lipinski definition) is 1. The second-order valence-electron chi connectivity index (χ2n) is 6.08. The third-order valence-corrected chi connectivity index (χ3v) is 4.73. The van der Waals surface area contributed by atoms with Gasteiger partial charge in [-0.3, -0.25) is 9.48 Å². The van der Waals surface area contributed by atoms with Crippen LogP contribution in [0.1, 0.15) is 34.9 Å². The number of rotatable bonds is 4. The molecule has 1 unspecified atom stereocenters. The fourth-order valence-electron chi connectivity index (χ4n) is 2.90. The van der Waals surface area contributed by atoms with Crippen LogP contribution in [0.2, 0.25) is 0 Å².